The molecule has 2 aromatic heterocycles. The van der Waals surface area contributed by atoms with Crippen molar-refractivity contribution < 1.29 is 27.2 Å². The van der Waals surface area contributed by atoms with Gasteiger partial charge < -0.3 is 10.6 Å². The fourth-order valence-corrected chi connectivity index (χ4v) is 6.20. The monoisotopic (exact) mass is 660 g/mol. The molecule has 0 spiro atoms. The third-order valence-electron chi connectivity index (χ3n) is 8.88. The van der Waals surface area contributed by atoms with Crippen molar-refractivity contribution in [2.75, 3.05) is 36.8 Å². The van der Waals surface area contributed by atoms with Crippen molar-refractivity contribution in [3.63, 3.8) is 0 Å². The highest BCUT2D eigenvalue weighted by atomic mass is 19.3. The van der Waals surface area contributed by atoms with Gasteiger partial charge in [0.2, 0.25) is 0 Å². The van der Waals surface area contributed by atoms with Crippen LogP contribution in [0.5, 0.6) is 0 Å². The van der Waals surface area contributed by atoms with Gasteiger partial charge in [0, 0.05) is 62.8 Å². The molecule has 0 radical (unpaired) electrons. The average Bonchev–Trinajstić information content (AvgIpc) is 3.58. The highest BCUT2D eigenvalue weighted by Crippen LogP contribution is 2.34. The molecule has 6 rings (SSSR count). The Hall–Kier alpha value is -4.68. The molecule has 0 bridgehead atoms. The number of nitrogens with zero attached hydrogens (tertiary/aromatic N) is 4. The zero-order valence-electron chi connectivity index (χ0n) is 26.7. The summed E-state index contributed by atoms with van der Waals surface area (Å²) < 4.78 is 54.1. The first-order valence-electron chi connectivity index (χ1n) is 15.8. The molecule has 2 N–H and O–H groups in total. The van der Waals surface area contributed by atoms with Crippen LogP contribution in [0, 0.1) is 13.8 Å². The van der Waals surface area contributed by atoms with Crippen LogP contribution in [0.15, 0.2) is 73.1 Å². The number of aromatic nitrogens is 2. The van der Waals surface area contributed by atoms with Crippen molar-refractivity contribution in [1.82, 2.24) is 19.8 Å². The minimum atomic E-state index is -2.67. The topological polar surface area (TPSA) is 90.5 Å². The van der Waals surface area contributed by atoms with Gasteiger partial charge in [-0.25, -0.2) is 17.6 Å². The second-order valence-corrected chi connectivity index (χ2v) is 12.6. The van der Waals surface area contributed by atoms with E-state index in [2.05, 4.69) is 20.6 Å². The molecule has 0 unspecified atom stereocenters. The highest BCUT2D eigenvalue weighted by molar-refractivity contribution is 6.05. The summed E-state index contributed by atoms with van der Waals surface area (Å²) in [5.74, 6) is -6.13. The van der Waals surface area contributed by atoms with Crippen molar-refractivity contribution >= 4 is 23.2 Å². The van der Waals surface area contributed by atoms with Crippen LogP contribution in [0.4, 0.5) is 28.9 Å². The first-order chi connectivity index (χ1) is 22.9. The number of hydrogen-bond acceptors (Lipinski definition) is 6. The van der Waals surface area contributed by atoms with Crippen LogP contribution in [-0.2, 0) is 13.1 Å². The van der Waals surface area contributed by atoms with Crippen LogP contribution in [-0.4, -0.2) is 69.6 Å². The standard InChI is InChI=1S/C36H36F4N6O2/c1-23-27(5-3-7-29(23)43-33(47)31-11-9-25(17-41-31)19-45-15-13-35(37,38)21-45)28-6-4-8-30(24(28)2)44-34(48)32-12-10-26(18-42-32)20-46-16-14-36(39,40)22-46/h3-12,17-18H,13-16,19-22H2,1-2H3,(H,43,47)(H,44,48). The fraction of sp³-hybridized carbons (Fsp3) is 0.333. The Bertz CT molecular complexity index is 1680. The number of anilines is 2. The number of likely N-dealkylation sites (tertiary alicyclic amines) is 2. The molecule has 2 saturated heterocycles. The quantitative estimate of drug-likeness (QED) is 0.189. The van der Waals surface area contributed by atoms with E-state index in [9.17, 15) is 27.2 Å². The highest BCUT2D eigenvalue weighted by Gasteiger charge is 2.38. The molecule has 12 heteroatoms. The molecule has 48 heavy (non-hydrogen) atoms. The van der Waals surface area contributed by atoms with Gasteiger partial charge in [0.25, 0.3) is 23.7 Å². The Balaban J connectivity index is 1.11. The first kappa shape index (κ1) is 33.2. The molecule has 4 heterocycles. The maximum atomic E-state index is 13.5. The maximum absolute atomic E-state index is 13.5. The summed E-state index contributed by atoms with van der Waals surface area (Å²) in [5, 5.41) is 5.86. The van der Waals surface area contributed by atoms with E-state index in [-0.39, 0.29) is 37.3 Å². The van der Waals surface area contributed by atoms with Gasteiger partial charge in [-0.05, 0) is 71.5 Å². The predicted molar refractivity (Wildman–Crippen MR) is 175 cm³/mol. The minimum Gasteiger partial charge on any atom is -0.320 e. The summed E-state index contributed by atoms with van der Waals surface area (Å²) >= 11 is 0. The Morgan fingerprint density at radius 2 is 1.08 bits per heavy atom. The Kier molecular flexibility index (Phi) is 9.30. The molecule has 0 aliphatic carbocycles. The van der Waals surface area contributed by atoms with Gasteiger partial charge in [-0.2, -0.15) is 0 Å². The van der Waals surface area contributed by atoms with Crippen LogP contribution in [0.25, 0.3) is 11.1 Å². The summed E-state index contributed by atoms with van der Waals surface area (Å²) in [6.07, 6.45) is 2.78. The van der Waals surface area contributed by atoms with E-state index in [4.69, 9.17) is 0 Å². The number of carbonyl (C=O) groups excluding carboxylic acids is 2. The lowest BCUT2D eigenvalue weighted by atomic mass is 9.94. The zero-order valence-corrected chi connectivity index (χ0v) is 26.7. The van der Waals surface area contributed by atoms with Gasteiger partial charge in [0.15, 0.2) is 0 Å². The second kappa shape index (κ2) is 13.4. The SMILES string of the molecule is Cc1c(NC(=O)c2ccc(CN3CCC(F)(F)C3)cn2)cccc1-c1cccc(NC(=O)c2ccc(CN3CCC(F)(F)C3)cn2)c1C. The predicted octanol–water partition coefficient (Wildman–Crippen LogP) is 6.95. The van der Waals surface area contributed by atoms with E-state index in [0.717, 1.165) is 33.4 Å². The smallest absolute Gasteiger partial charge is 0.274 e. The van der Waals surface area contributed by atoms with Crippen molar-refractivity contribution in [3.8, 4) is 11.1 Å². The average molecular weight is 661 g/mol. The minimum absolute atomic E-state index is 0.154. The molecule has 8 nitrogen and oxygen atoms in total. The molecule has 4 aromatic rings. The molecule has 0 atom stereocenters. The third-order valence-corrected chi connectivity index (χ3v) is 8.88. The molecule has 2 amide bonds. The number of amides is 2. The largest absolute Gasteiger partial charge is 0.320 e. The van der Waals surface area contributed by atoms with Crippen molar-refractivity contribution in [2.45, 2.75) is 51.6 Å². The van der Waals surface area contributed by atoms with E-state index >= 15 is 0 Å². The van der Waals surface area contributed by atoms with Gasteiger partial charge in [0.05, 0.1) is 13.1 Å². The van der Waals surface area contributed by atoms with Gasteiger partial charge in [-0.3, -0.25) is 29.4 Å². The van der Waals surface area contributed by atoms with E-state index in [0.29, 0.717) is 37.6 Å². The van der Waals surface area contributed by atoms with Gasteiger partial charge >= 0.3 is 0 Å². The van der Waals surface area contributed by atoms with Crippen molar-refractivity contribution in [2.24, 2.45) is 0 Å². The fourth-order valence-electron chi connectivity index (χ4n) is 6.20. The van der Waals surface area contributed by atoms with Gasteiger partial charge in [-0.1, -0.05) is 36.4 Å². The number of rotatable bonds is 9. The summed E-state index contributed by atoms with van der Waals surface area (Å²) in [4.78, 5) is 38.1. The molecular formula is C36H36F4N6O2. The molecule has 2 aliphatic heterocycles. The summed E-state index contributed by atoms with van der Waals surface area (Å²) in [6, 6.07) is 17.8. The van der Waals surface area contributed by atoms with Crippen LogP contribution >= 0.6 is 0 Å². The zero-order chi connectivity index (χ0) is 34.1. The number of hydrogen-bond donors (Lipinski definition) is 2. The Morgan fingerprint density at radius 1 is 0.667 bits per heavy atom. The number of pyridine rings is 2. The third kappa shape index (κ3) is 7.71. The van der Waals surface area contributed by atoms with E-state index in [1.807, 2.05) is 38.1 Å². The number of halogens is 4. The van der Waals surface area contributed by atoms with Gasteiger partial charge in [0.1, 0.15) is 11.4 Å². The molecule has 2 fully saturated rings. The lowest BCUT2D eigenvalue weighted by molar-refractivity contribution is 0.0108. The van der Waals surface area contributed by atoms with Crippen LogP contribution in [0.1, 0.15) is 56.1 Å². The van der Waals surface area contributed by atoms with Gasteiger partial charge in [-0.15, -0.1) is 0 Å². The normalized spacial score (nSPS) is 17.4. The molecule has 2 aromatic carbocycles. The summed E-state index contributed by atoms with van der Waals surface area (Å²) in [6.45, 7) is 4.56. The lowest BCUT2D eigenvalue weighted by Crippen LogP contribution is -2.25. The number of benzene rings is 2. The first-order valence-corrected chi connectivity index (χ1v) is 15.8. The van der Waals surface area contributed by atoms with Crippen LogP contribution in [0.2, 0.25) is 0 Å². The second-order valence-electron chi connectivity index (χ2n) is 12.6. The van der Waals surface area contributed by atoms with Crippen LogP contribution < -0.4 is 10.6 Å². The number of carbonyl (C=O) groups is 2. The Morgan fingerprint density at radius 3 is 1.42 bits per heavy atom. The van der Waals surface area contributed by atoms with Crippen molar-refractivity contribution in [3.05, 3.63) is 107 Å². The molecule has 0 saturated carbocycles. The summed E-state index contributed by atoms with van der Waals surface area (Å²) in [5.41, 5.74) is 6.47. The number of nitrogens with one attached hydrogen (secondary N) is 2. The summed E-state index contributed by atoms with van der Waals surface area (Å²) in [7, 11) is 0. The van der Waals surface area contributed by atoms with Crippen LogP contribution in [0.3, 0.4) is 0 Å². The number of alkyl halides is 4. The van der Waals surface area contributed by atoms with Crippen molar-refractivity contribution in [1.29, 1.82) is 0 Å². The Labute approximate surface area is 276 Å². The lowest BCUT2D eigenvalue weighted by Gasteiger charge is -2.17. The molecule has 2 aliphatic rings. The molecule has 250 valence electrons. The maximum Gasteiger partial charge on any atom is 0.274 e. The van der Waals surface area contributed by atoms with E-state index in [1.54, 1.807) is 58.6 Å². The van der Waals surface area contributed by atoms with E-state index in [1.165, 1.54) is 0 Å². The van der Waals surface area contributed by atoms with E-state index < -0.39 is 23.7 Å². The molecular weight excluding hydrogens is 624 g/mol.